The lowest BCUT2D eigenvalue weighted by molar-refractivity contribution is 0.102. The maximum atomic E-state index is 13.2. The summed E-state index contributed by atoms with van der Waals surface area (Å²) in [5, 5.41) is 8.51. The fourth-order valence-corrected chi connectivity index (χ4v) is 3.51. The molecule has 0 spiro atoms. The highest BCUT2D eigenvalue weighted by atomic mass is 16.5. The Labute approximate surface area is 157 Å². The van der Waals surface area contributed by atoms with Gasteiger partial charge in [0.2, 0.25) is 5.88 Å². The third kappa shape index (κ3) is 3.09. The Bertz CT molecular complexity index is 1010. The van der Waals surface area contributed by atoms with Gasteiger partial charge in [0, 0.05) is 31.6 Å². The number of pyridine rings is 1. The van der Waals surface area contributed by atoms with Crippen LogP contribution in [0.1, 0.15) is 28.9 Å². The van der Waals surface area contributed by atoms with Crippen molar-refractivity contribution in [3.05, 3.63) is 41.6 Å². The summed E-state index contributed by atoms with van der Waals surface area (Å²) in [6, 6.07) is 9.25. The third-order valence-electron chi connectivity index (χ3n) is 5.11. The second kappa shape index (κ2) is 6.90. The molecule has 0 atom stereocenters. The van der Waals surface area contributed by atoms with Crippen molar-refractivity contribution in [3.8, 4) is 5.88 Å². The van der Waals surface area contributed by atoms with E-state index in [1.807, 2.05) is 42.9 Å². The molecule has 0 bridgehead atoms. The SMILES string of the molecule is COc1cc(C(=O)Nc2c(N3CCCC3)nn(C)c2C)c2ccccc2n1. The van der Waals surface area contributed by atoms with E-state index in [9.17, 15) is 4.79 Å². The molecule has 0 aliphatic carbocycles. The number of ether oxygens (including phenoxy) is 1. The molecule has 1 aliphatic heterocycles. The van der Waals surface area contributed by atoms with E-state index in [0.717, 1.165) is 54.0 Å². The van der Waals surface area contributed by atoms with E-state index in [4.69, 9.17) is 4.74 Å². The maximum Gasteiger partial charge on any atom is 0.256 e. The fourth-order valence-electron chi connectivity index (χ4n) is 3.51. The molecule has 7 heteroatoms. The Balaban J connectivity index is 1.74. The monoisotopic (exact) mass is 365 g/mol. The van der Waals surface area contributed by atoms with Crippen LogP contribution in [0.25, 0.3) is 10.9 Å². The van der Waals surface area contributed by atoms with E-state index in [1.165, 1.54) is 0 Å². The molecule has 3 heterocycles. The van der Waals surface area contributed by atoms with E-state index in [-0.39, 0.29) is 5.91 Å². The molecular formula is C20H23N5O2. The number of rotatable bonds is 4. The van der Waals surface area contributed by atoms with Gasteiger partial charge in [-0.3, -0.25) is 9.48 Å². The molecule has 4 rings (SSSR count). The lowest BCUT2D eigenvalue weighted by Crippen LogP contribution is -2.21. The molecule has 3 aromatic rings. The van der Waals surface area contributed by atoms with Crippen LogP contribution in [0, 0.1) is 6.92 Å². The molecule has 1 saturated heterocycles. The Morgan fingerprint density at radius 3 is 2.70 bits per heavy atom. The lowest BCUT2D eigenvalue weighted by atomic mass is 10.1. The molecule has 27 heavy (non-hydrogen) atoms. The molecule has 0 saturated carbocycles. The zero-order valence-electron chi connectivity index (χ0n) is 15.8. The van der Waals surface area contributed by atoms with Crippen molar-refractivity contribution >= 4 is 28.3 Å². The van der Waals surface area contributed by atoms with Gasteiger partial charge >= 0.3 is 0 Å². The van der Waals surface area contributed by atoms with Crippen LogP contribution in [0.3, 0.4) is 0 Å². The first-order valence-electron chi connectivity index (χ1n) is 9.12. The highest BCUT2D eigenvalue weighted by Crippen LogP contribution is 2.32. The van der Waals surface area contributed by atoms with Gasteiger partial charge in [0.15, 0.2) is 5.82 Å². The number of hydrogen-bond donors (Lipinski definition) is 1. The van der Waals surface area contributed by atoms with Gasteiger partial charge in [-0.05, 0) is 25.8 Å². The van der Waals surface area contributed by atoms with Crippen molar-refractivity contribution < 1.29 is 9.53 Å². The van der Waals surface area contributed by atoms with Crippen molar-refractivity contribution in [2.75, 3.05) is 30.4 Å². The number of anilines is 2. The smallest absolute Gasteiger partial charge is 0.256 e. The molecule has 1 aliphatic rings. The highest BCUT2D eigenvalue weighted by molar-refractivity contribution is 6.13. The maximum absolute atomic E-state index is 13.2. The summed E-state index contributed by atoms with van der Waals surface area (Å²) >= 11 is 0. The predicted molar refractivity (Wildman–Crippen MR) is 106 cm³/mol. The number of amides is 1. The molecule has 7 nitrogen and oxygen atoms in total. The van der Waals surface area contributed by atoms with Gasteiger partial charge in [0.05, 0.1) is 23.9 Å². The molecular weight excluding hydrogens is 342 g/mol. The van der Waals surface area contributed by atoms with E-state index < -0.39 is 0 Å². The van der Waals surface area contributed by atoms with Gasteiger partial charge in [-0.25, -0.2) is 4.98 Å². The first-order valence-corrected chi connectivity index (χ1v) is 9.12. The van der Waals surface area contributed by atoms with Crippen LogP contribution >= 0.6 is 0 Å². The molecule has 0 unspecified atom stereocenters. The molecule has 1 fully saturated rings. The molecule has 2 aromatic heterocycles. The number of para-hydroxylation sites is 1. The number of carbonyl (C=O) groups is 1. The van der Waals surface area contributed by atoms with E-state index >= 15 is 0 Å². The van der Waals surface area contributed by atoms with Crippen LogP contribution in [-0.4, -0.2) is 40.9 Å². The minimum absolute atomic E-state index is 0.191. The van der Waals surface area contributed by atoms with Gasteiger partial charge in [-0.1, -0.05) is 18.2 Å². The highest BCUT2D eigenvalue weighted by Gasteiger charge is 2.24. The van der Waals surface area contributed by atoms with E-state index in [0.29, 0.717) is 11.4 Å². The summed E-state index contributed by atoms with van der Waals surface area (Å²) in [7, 11) is 3.45. The second-order valence-corrected chi connectivity index (χ2v) is 6.79. The summed E-state index contributed by atoms with van der Waals surface area (Å²) in [6.07, 6.45) is 2.30. The Morgan fingerprint density at radius 1 is 1.22 bits per heavy atom. The average molecular weight is 365 g/mol. The standard InChI is InChI=1S/C20H23N5O2/c1-13-18(19(23-24(13)2)25-10-6-7-11-25)22-20(26)15-12-17(27-3)21-16-9-5-4-8-14(15)16/h4-5,8-9,12H,6-7,10-11H2,1-3H3,(H,22,26). The lowest BCUT2D eigenvalue weighted by Gasteiger charge is -2.17. The Hall–Kier alpha value is -3.09. The van der Waals surface area contributed by atoms with Crippen LogP contribution in [0.5, 0.6) is 5.88 Å². The minimum atomic E-state index is -0.191. The number of methoxy groups -OCH3 is 1. The minimum Gasteiger partial charge on any atom is -0.481 e. The number of nitrogens with one attached hydrogen (secondary N) is 1. The van der Waals surface area contributed by atoms with Crippen molar-refractivity contribution in [3.63, 3.8) is 0 Å². The Kier molecular flexibility index (Phi) is 4.43. The summed E-state index contributed by atoms with van der Waals surface area (Å²) in [4.78, 5) is 19.8. The second-order valence-electron chi connectivity index (χ2n) is 6.79. The van der Waals surface area contributed by atoms with E-state index in [1.54, 1.807) is 13.2 Å². The first kappa shape index (κ1) is 17.3. The van der Waals surface area contributed by atoms with Gasteiger partial charge in [-0.2, -0.15) is 5.10 Å². The number of nitrogens with zero attached hydrogens (tertiary/aromatic N) is 4. The number of aryl methyl sites for hydroxylation is 1. The van der Waals surface area contributed by atoms with Crippen LogP contribution < -0.4 is 15.0 Å². The van der Waals surface area contributed by atoms with Crippen LogP contribution in [-0.2, 0) is 7.05 Å². The van der Waals surface area contributed by atoms with E-state index in [2.05, 4.69) is 20.3 Å². The number of aromatic nitrogens is 3. The van der Waals surface area contributed by atoms with Gasteiger partial charge in [0.25, 0.3) is 5.91 Å². The molecule has 0 radical (unpaired) electrons. The number of hydrogen-bond acceptors (Lipinski definition) is 5. The van der Waals surface area contributed by atoms with Crippen molar-refractivity contribution in [1.29, 1.82) is 0 Å². The largest absolute Gasteiger partial charge is 0.481 e. The third-order valence-corrected chi connectivity index (χ3v) is 5.11. The summed E-state index contributed by atoms with van der Waals surface area (Å²) < 4.78 is 7.09. The quantitative estimate of drug-likeness (QED) is 0.769. The van der Waals surface area contributed by atoms with Crippen molar-refractivity contribution in [2.24, 2.45) is 7.05 Å². The first-order chi connectivity index (χ1) is 13.1. The molecule has 1 aromatic carbocycles. The average Bonchev–Trinajstić information content (AvgIpc) is 3.31. The molecule has 1 N–H and O–H groups in total. The van der Waals surface area contributed by atoms with Gasteiger partial charge in [0.1, 0.15) is 5.69 Å². The van der Waals surface area contributed by atoms with Gasteiger partial charge < -0.3 is 15.0 Å². The van der Waals surface area contributed by atoms with Crippen LogP contribution in [0.2, 0.25) is 0 Å². The number of carbonyl (C=O) groups excluding carboxylic acids is 1. The zero-order chi connectivity index (χ0) is 19.0. The Morgan fingerprint density at radius 2 is 1.96 bits per heavy atom. The molecule has 1 amide bonds. The fraction of sp³-hybridized carbons (Fsp3) is 0.350. The number of benzene rings is 1. The number of fused-ring (bicyclic) bond motifs is 1. The topological polar surface area (TPSA) is 72.3 Å². The van der Waals surface area contributed by atoms with Crippen molar-refractivity contribution in [2.45, 2.75) is 19.8 Å². The molecule has 140 valence electrons. The van der Waals surface area contributed by atoms with Crippen LogP contribution in [0.15, 0.2) is 30.3 Å². The van der Waals surface area contributed by atoms with Gasteiger partial charge in [-0.15, -0.1) is 0 Å². The van der Waals surface area contributed by atoms with Crippen LogP contribution in [0.4, 0.5) is 11.5 Å². The zero-order valence-corrected chi connectivity index (χ0v) is 15.8. The summed E-state index contributed by atoms with van der Waals surface area (Å²) in [6.45, 7) is 3.89. The summed E-state index contributed by atoms with van der Waals surface area (Å²) in [5.74, 6) is 1.07. The predicted octanol–water partition coefficient (Wildman–Crippen LogP) is 3.14. The van der Waals surface area contributed by atoms with Crippen molar-refractivity contribution in [1.82, 2.24) is 14.8 Å². The summed E-state index contributed by atoms with van der Waals surface area (Å²) in [5.41, 5.74) is 2.96. The normalized spacial score (nSPS) is 14.0.